The van der Waals surface area contributed by atoms with Crippen LogP contribution in [0.3, 0.4) is 0 Å². The van der Waals surface area contributed by atoms with Crippen molar-refractivity contribution in [2.45, 2.75) is 0 Å². The molecule has 0 fully saturated rings. The van der Waals surface area contributed by atoms with Crippen molar-refractivity contribution in [1.82, 2.24) is 0 Å². The van der Waals surface area contributed by atoms with E-state index < -0.39 is 12.1 Å². The Hall–Kier alpha value is -2.44. The lowest BCUT2D eigenvalue weighted by Gasteiger charge is -2.07. The first-order valence-electron chi connectivity index (χ1n) is 4.01. The molecule has 0 unspecified atom stereocenters. The number of anilines is 3. The summed E-state index contributed by atoms with van der Waals surface area (Å²) in [6, 6.07) is 3.04. The van der Waals surface area contributed by atoms with Crippen molar-refractivity contribution in [1.29, 1.82) is 0 Å². The second kappa shape index (κ2) is 4.18. The van der Waals surface area contributed by atoms with E-state index in [4.69, 9.17) is 17.2 Å². The van der Waals surface area contributed by atoms with Crippen molar-refractivity contribution in [2.24, 2.45) is 11.5 Å². The van der Waals surface area contributed by atoms with Crippen LogP contribution in [-0.4, -0.2) is 12.1 Å². The summed E-state index contributed by atoms with van der Waals surface area (Å²) in [5.41, 5.74) is 16.5. The molecule has 7 heteroatoms. The average Bonchev–Trinajstić information content (AvgIpc) is 1.98. The van der Waals surface area contributed by atoms with Crippen LogP contribution in [0, 0.1) is 0 Å². The number of nitrogen functional groups attached to an aromatic ring is 1. The minimum atomic E-state index is -0.717. The van der Waals surface area contributed by atoms with Gasteiger partial charge in [0.2, 0.25) is 0 Å². The highest BCUT2D eigenvalue weighted by molar-refractivity contribution is 5.92. The lowest BCUT2D eigenvalue weighted by molar-refractivity contribution is 0.258. The van der Waals surface area contributed by atoms with Crippen LogP contribution in [0.25, 0.3) is 0 Å². The smallest absolute Gasteiger partial charge is 0.316 e. The highest BCUT2D eigenvalue weighted by atomic mass is 16.2. The standard InChI is InChI=1S/C8H11N5O2/c9-4-1-5(12-7(10)14)3-6(2-4)13-8(11)15/h1-3H,9H2,(H3,10,12,14)(H3,11,13,15). The Balaban J connectivity index is 2.94. The molecule has 0 saturated heterocycles. The highest BCUT2D eigenvalue weighted by Crippen LogP contribution is 2.20. The van der Waals surface area contributed by atoms with E-state index in [0.29, 0.717) is 17.1 Å². The number of carbonyl (C=O) groups is 2. The van der Waals surface area contributed by atoms with E-state index in [2.05, 4.69) is 10.6 Å². The summed E-state index contributed by atoms with van der Waals surface area (Å²) in [6.07, 6.45) is 0. The third kappa shape index (κ3) is 3.43. The van der Waals surface area contributed by atoms with Crippen LogP contribution in [0.4, 0.5) is 26.7 Å². The zero-order valence-electron chi connectivity index (χ0n) is 7.78. The molecule has 0 aliphatic rings. The molecule has 8 N–H and O–H groups in total. The van der Waals surface area contributed by atoms with Gasteiger partial charge in [-0.05, 0) is 18.2 Å². The van der Waals surface area contributed by atoms with Crippen molar-refractivity contribution in [3.63, 3.8) is 0 Å². The van der Waals surface area contributed by atoms with Crippen molar-refractivity contribution < 1.29 is 9.59 Å². The Bertz CT molecular complexity index is 370. The van der Waals surface area contributed by atoms with Gasteiger partial charge in [0.05, 0.1) is 0 Å². The van der Waals surface area contributed by atoms with Gasteiger partial charge in [-0.25, -0.2) is 9.59 Å². The van der Waals surface area contributed by atoms with Gasteiger partial charge in [0.15, 0.2) is 0 Å². The SMILES string of the molecule is NC(=O)Nc1cc(N)cc(NC(N)=O)c1. The second-order valence-electron chi connectivity index (χ2n) is 2.82. The van der Waals surface area contributed by atoms with Crippen LogP contribution in [0.15, 0.2) is 18.2 Å². The molecule has 1 rings (SSSR count). The van der Waals surface area contributed by atoms with Crippen LogP contribution in [0.2, 0.25) is 0 Å². The summed E-state index contributed by atoms with van der Waals surface area (Å²) in [6.45, 7) is 0. The first-order valence-corrected chi connectivity index (χ1v) is 4.01. The zero-order valence-corrected chi connectivity index (χ0v) is 7.78. The Morgan fingerprint density at radius 2 is 1.33 bits per heavy atom. The molecule has 0 aromatic heterocycles. The molecule has 0 aliphatic carbocycles. The first kappa shape index (κ1) is 10.6. The van der Waals surface area contributed by atoms with E-state index >= 15 is 0 Å². The van der Waals surface area contributed by atoms with Gasteiger partial charge < -0.3 is 27.8 Å². The van der Waals surface area contributed by atoms with E-state index in [0.717, 1.165) is 0 Å². The topological polar surface area (TPSA) is 136 Å². The van der Waals surface area contributed by atoms with E-state index in [-0.39, 0.29) is 0 Å². The minimum Gasteiger partial charge on any atom is -0.399 e. The minimum absolute atomic E-state index is 0.366. The van der Waals surface area contributed by atoms with Gasteiger partial charge >= 0.3 is 12.1 Å². The molecule has 0 atom stereocenters. The average molecular weight is 209 g/mol. The molecule has 0 bridgehead atoms. The molecule has 0 aliphatic heterocycles. The molecule has 1 aromatic carbocycles. The maximum absolute atomic E-state index is 10.6. The van der Waals surface area contributed by atoms with Crippen LogP contribution < -0.4 is 27.8 Å². The van der Waals surface area contributed by atoms with E-state index in [1.54, 1.807) is 0 Å². The van der Waals surface area contributed by atoms with Gasteiger partial charge in [-0.15, -0.1) is 0 Å². The molecule has 80 valence electrons. The van der Waals surface area contributed by atoms with E-state index in [1.165, 1.54) is 18.2 Å². The van der Waals surface area contributed by atoms with Gasteiger partial charge in [0, 0.05) is 17.1 Å². The number of carbonyl (C=O) groups excluding carboxylic acids is 2. The number of hydrogen-bond acceptors (Lipinski definition) is 3. The summed E-state index contributed by atoms with van der Waals surface area (Å²) < 4.78 is 0. The van der Waals surface area contributed by atoms with Crippen LogP contribution in [0.5, 0.6) is 0 Å². The fraction of sp³-hybridized carbons (Fsp3) is 0. The monoisotopic (exact) mass is 209 g/mol. The highest BCUT2D eigenvalue weighted by Gasteiger charge is 2.02. The Morgan fingerprint density at radius 3 is 1.67 bits per heavy atom. The Labute approximate surface area is 85.6 Å². The predicted octanol–water partition coefficient (Wildman–Crippen LogP) is 0.250. The fourth-order valence-electron chi connectivity index (χ4n) is 1.08. The number of rotatable bonds is 2. The summed E-state index contributed by atoms with van der Waals surface area (Å²) >= 11 is 0. The summed E-state index contributed by atoms with van der Waals surface area (Å²) in [5.74, 6) is 0. The van der Waals surface area contributed by atoms with E-state index in [1.807, 2.05) is 0 Å². The third-order valence-corrected chi connectivity index (χ3v) is 1.49. The molecule has 4 amide bonds. The number of hydrogen-bond donors (Lipinski definition) is 5. The molecule has 7 nitrogen and oxygen atoms in total. The van der Waals surface area contributed by atoms with Gasteiger partial charge in [0.1, 0.15) is 0 Å². The van der Waals surface area contributed by atoms with E-state index in [9.17, 15) is 9.59 Å². The number of primary amides is 2. The van der Waals surface area contributed by atoms with Gasteiger partial charge in [-0.2, -0.15) is 0 Å². The van der Waals surface area contributed by atoms with Gasteiger partial charge in [-0.3, -0.25) is 0 Å². The molecule has 0 radical (unpaired) electrons. The number of nitrogens with one attached hydrogen (secondary N) is 2. The van der Waals surface area contributed by atoms with Crippen molar-refractivity contribution in [3.8, 4) is 0 Å². The molecular formula is C8H11N5O2. The Morgan fingerprint density at radius 1 is 0.933 bits per heavy atom. The number of nitrogens with two attached hydrogens (primary N) is 3. The number of urea groups is 2. The number of benzene rings is 1. The molecule has 0 heterocycles. The van der Waals surface area contributed by atoms with Crippen LogP contribution >= 0.6 is 0 Å². The maximum atomic E-state index is 10.6. The van der Waals surface area contributed by atoms with Gasteiger partial charge in [-0.1, -0.05) is 0 Å². The van der Waals surface area contributed by atoms with Gasteiger partial charge in [0.25, 0.3) is 0 Å². The van der Waals surface area contributed by atoms with Crippen molar-refractivity contribution in [2.75, 3.05) is 16.4 Å². The Kier molecular flexibility index (Phi) is 2.97. The predicted molar refractivity (Wildman–Crippen MR) is 57.3 cm³/mol. The molecule has 1 aromatic rings. The lowest BCUT2D eigenvalue weighted by atomic mass is 10.2. The summed E-state index contributed by atoms with van der Waals surface area (Å²) in [7, 11) is 0. The first-order chi connectivity index (χ1) is 6.97. The quantitative estimate of drug-likeness (QED) is 0.446. The summed E-state index contributed by atoms with van der Waals surface area (Å²) in [4.78, 5) is 21.1. The molecule has 0 saturated carbocycles. The molecule has 0 spiro atoms. The third-order valence-electron chi connectivity index (χ3n) is 1.49. The molecular weight excluding hydrogens is 198 g/mol. The van der Waals surface area contributed by atoms with Crippen molar-refractivity contribution >= 4 is 29.1 Å². The lowest BCUT2D eigenvalue weighted by Crippen LogP contribution is -2.21. The van der Waals surface area contributed by atoms with Crippen LogP contribution in [0.1, 0.15) is 0 Å². The molecule has 15 heavy (non-hydrogen) atoms. The number of amides is 4. The summed E-state index contributed by atoms with van der Waals surface area (Å²) in [5, 5.41) is 4.65. The largest absolute Gasteiger partial charge is 0.399 e. The maximum Gasteiger partial charge on any atom is 0.316 e. The van der Waals surface area contributed by atoms with Crippen molar-refractivity contribution in [3.05, 3.63) is 18.2 Å². The zero-order chi connectivity index (χ0) is 11.4. The van der Waals surface area contributed by atoms with Crippen LogP contribution in [-0.2, 0) is 0 Å². The fourth-order valence-corrected chi connectivity index (χ4v) is 1.08. The normalized spacial score (nSPS) is 9.33. The second-order valence-corrected chi connectivity index (χ2v) is 2.82.